The lowest BCUT2D eigenvalue weighted by atomic mass is 10.2. The van der Waals surface area contributed by atoms with E-state index in [0.29, 0.717) is 0 Å². The Morgan fingerprint density at radius 3 is 2.58 bits per heavy atom. The number of hydrogen-bond donors (Lipinski definition) is 0. The maximum atomic E-state index is 10.6. The van der Waals surface area contributed by atoms with Crippen LogP contribution in [0.4, 0.5) is 0 Å². The average Bonchev–Trinajstić information content (AvgIpc) is 2.10. The van der Waals surface area contributed by atoms with Gasteiger partial charge in [-0.15, -0.1) is 0 Å². The van der Waals surface area contributed by atoms with E-state index in [2.05, 4.69) is 10.8 Å². The van der Waals surface area contributed by atoms with Gasteiger partial charge >= 0.3 is 5.97 Å². The summed E-state index contributed by atoms with van der Waals surface area (Å²) in [6, 6.07) is 0. The van der Waals surface area contributed by atoms with E-state index in [1.165, 1.54) is 13.2 Å². The Morgan fingerprint density at radius 2 is 2.00 bits per heavy atom. The third-order valence-corrected chi connectivity index (χ3v) is 1.43. The van der Waals surface area contributed by atoms with Gasteiger partial charge in [0.25, 0.3) is 0 Å². The quantitative estimate of drug-likeness (QED) is 0.273. The van der Waals surface area contributed by atoms with Crippen molar-refractivity contribution < 1.29 is 9.53 Å². The van der Waals surface area contributed by atoms with Crippen molar-refractivity contribution in [3.8, 4) is 0 Å². The fraction of sp³-hybridized carbons (Fsp3) is 0.500. The summed E-state index contributed by atoms with van der Waals surface area (Å²) >= 11 is 0. The Kier molecular flexibility index (Phi) is 7.35. The molecule has 0 saturated carbocycles. The molecule has 0 aromatic heterocycles. The minimum atomic E-state index is -0.277. The molecule has 0 heterocycles. The molecule has 0 N–H and O–H groups in total. The zero-order valence-corrected chi connectivity index (χ0v) is 7.75. The van der Waals surface area contributed by atoms with Gasteiger partial charge in [0, 0.05) is 6.08 Å². The first-order valence-corrected chi connectivity index (χ1v) is 4.17. The fourth-order valence-electron chi connectivity index (χ4n) is 0.768. The predicted molar refractivity (Wildman–Crippen MR) is 49.8 cm³/mol. The zero-order chi connectivity index (χ0) is 9.23. The van der Waals surface area contributed by atoms with E-state index in [1.54, 1.807) is 0 Å². The number of unbranched alkanes of at least 4 members (excludes halogenated alkanes) is 2. The first-order chi connectivity index (χ1) is 5.81. The molecule has 0 aliphatic heterocycles. The molecule has 0 aliphatic carbocycles. The average molecular weight is 168 g/mol. The molecule has 2 nitrogen and oxygen atoms in total. The molecule has 0 atom stereocenters. The van der Waals surface area contributed by atoms with Gasteiger partial charge in [0.15, 0.2) is 0 Å². The molecule has 0 aliphatic rings. The molecule has 0 aromatic carbocycles. The normalized spacial score (nSPS) is 11.2. The molecule has 0 radical (unpaired) electrons. The molecule has 0 unspecified atom stereocenters. The lowest BCUT2D eigenvalue weighted by molar-refractivity contribution is -0.134. The van der Waals surface area contributed by atoms with Crippen LogP contribution in [0.15, 0.2) is 24.3 Å². The monoisotopic (exact) mass is 168 g/mol. The highest BCUT2D eigenvalue weighted by molar-refractivity contribution is 5.81. The third-order valence-electron chi connectivity index (χ3n) is 1.43. The second-order valence-corrected chi connectivity index (χ2v) is 2.43. The summed E-state index contributed by atoms with van der Waals surface area (Å²) in [5.41, 5.74) is 0. The van der Waals surface area contributed by atoms with E-state index in [0.717, 1.165) is 19.3 Å². The Bertz CT molecular complexity index is 169. The summed E-state index contributed by atoms with van der Waals surface area (Å²) in [5, 5.41) is 0. The molecule has 0 bridgehead atoms. The maximum Gasteiger partial charge on any atom is 0.330 e. The van der Waals surface area contributed by atoms with E-state index in [-0.39, 0.29) is 5.97 Å². The fourth-order valence-corrected chi connectivity index (χ4v) is 0.768. The number of carbonyl (C=O) groups excluding carboxylic acids is 1. The summed E-state index contributed by atoms with van der Waals surface area (Å²) in [6.07, 6.45) is 10.5. The van der Waals surface area contributed by atoms with Crippen LogP contribution in [0.3, 0.4) is 0 Å². The highest BCUT2D eigenvalue weighted by atomic mass is 16.5. The smallest absolute Gasteiger partial charge is 0.330 e. The van der Waals surface area contributed by atoms with Gasteiger partial charge in [-0.05, 0) is 26.2 Å². The molecule has 0 aromatic rings. The van der Waals surface area contributed by atoms with Crippen LogP contribution in [0.25, 0.3) is 0 Å². The maximum absolute atomic E-state index is 10.6. The highest BCUT2D eigenvalue weighted by Gasteiger charge is 1.88. The largest absolute Gasteiger partial charge is 0.466 e. The van der Waals surface area contributed by atoms with E-state index in [1.807, 2.05) is 19.1 Å². The van der Waals surface area contributed by atoms with Crippen molar-refractivity contribution >= 4 is 5.97 Å². The minimum Gasteiger partial charge on any atom is -0.466 e. The highest BCUT2D eigenvalue weighted by Crippen LogP contribution is 1.97. The molecule has 2 heteroatoms. The van der Waals surface area contributed by atoms with Crippen LogP contribution in [0.2, 0.25) is 0 Å². The first kappa shape index (κ1) is 11.0. The van der Waals surface area contributed by atoms with Gasteiger partial charge in [-0.2, -0.15) is 0 Å². The molecular formula is C10H16O2. The van der Waals surface area contributed by atoms with Gasteiger partial charge in [-0.3, -0.25) is 0 Å². The Labute approximate surface area is 73.9 Å². The van der Waals surface area contributed by atoms with Crippen LogP contribution in [-0.2, 0) is 9.53 Å². The summed E-state index contributed by atoms with van der Waals surface area (Å²) in [5.74, 6) is -0.277. The van der Waals surface area contributed by atoms with Gasteiger partial charge in [-0.25, -0.2) is 4.79 Å². The second-order valence-electron chi connectivity index (χ2n) is 2.43. The van der Waals surface area contributed by atoms with Gasteiger partial charge in [0.1, 0.15) is 0 Å². The van der Waals surface area contributed by atoms with Crippen molar-refractivity contribution in [2.75, 3.05) is 7.11 Å². The van der Waals surface area contributed by atoms with Crippen molar-refractivity contribution in [3.63, 3.8) is 0 Å². The number of rotatable bonds is 5. The number of ether oxygens (including phenoxy) is 1. The van der Waals surface area contributed by atoms with E-state index < -0.39 is 0 Å². The van der Waals surface area contributed by atoms with Gasteiger partial charge < -0.3 is 4.74 Å². The Balaban J connectivity index is 3.30. The minimum absolute atomic E-state index is 0.277. The van der Waals surface area contributed by atoms with E-state index in [9.17, 15) is 4.79 Å². The van der Waals surface area contributed by atoms with Crippen LogP contribution >= 0.6 is 0 Å². The van der Waals surface area contributed by atoms with Crippen LogP contribution < -0.4 is 0 Å². The van der Waals surface area contributed by atoms with Crippen molar-refractivity contribution in [2.24, 2.45) is 0 Å². The number of hydrogen-bond acceptors (Lipinski definition) is 2. The topological polar surface area (TPSA) is 26.3 Å². The molecule has 68 valence electrons. The summed E-state index contributed by atoms with van der Waals surface area (Å²) < 4.78 is 4.44. The first-order valence-electron chi connectivity index (χ1n) is 4.17. The van der Waals surface area contributed by atoms with Crippen LogP contribution in [0, 0.1) is 0 Å². The van der Waals surface area contributed by atoms with Gasteiger partial charge in [0.2, 0.25) is 0 Å². The van der Waals surface area contributed by atoms with Crippen LogP contribution in [0.1, 0.15) is 26.2 Å². The number of methoxy groups -OCH3 is 1. The van der Waals surface area contributed by atoms with E-state index in [4.69, 9.17) is 0 Å². The van der Waals surface area contributed by atoms with E-state index >= 15 is 0 Å². The van der Waals surface area contributed by atoms with Crippen molar-refractivity contribution in [1.82, 2.24) is 0 Å². The molecule has 12 heavy (non-hydrogen) atoms. The summed E-state index contributed by atoms with van der Waals surface area (Å²) in [4.78, 5) is 10.6. The lowest BCUT2D eigenvalue weighted by Gasteiger charge is -1.90. The van der Waals surface area contributed by atoms with Crippen molar-refractivity contribution in [3.05, 3.63) is 24.3 Å². The van der Waals surface area contributed by atoms with Crippen LogP contribution in [-0.4, -0.2) is 13.1 Å². The van der Waals surface area contributed by atoms with Crippen molar-refractivity contribution in [1.29, 1.82) is 0 Å². The second kappa shape index (κ2) is 8.05. The number of allylic oxidation sites excluding steroid dienone is 3. The molecule has 0 saturated heterocycles. The molecule has 0 fully saturated rings. The van der Waals surface area contributed by atoms with Crippen molar-refractivity contribution in [2.45, 2.75) is 26.2 Å². The van der Waals surface area contributed by atoms with Gasteiger partial charge in [0.05, 0.1) is 7.11 Å². The number of carbonyl (C=O) groups is 1. The lowest BCUT2D eigenvalue weighted by Crippen LogP contribution is -1.93. The Hall–Kier alpha value is -1.05. The number of esters is 1. The molecule has 0 amide bonds. The third kappa shape index (κ3) is 7.06. The SMILES string of the molecule is CC=CCCCC=CC(=O)OC. The molecule has 0 spiro atoms. The van der Waals surface area contributed by atoms with Crippen LogP contribution in [0.5, 0.6) is 0 Å². The zero-order valence-electron chi connectivity index (χ0n) is 7.75. The standard InChI is InChI=1S/C10H16O2/c1-3-4-5-6-7-8-9-10(11)12-2/h3-4,8-9H,5-7H2,1-2H3. The summed E-state index contributed by atoms with van der Waals surface area (Å²) in [6.45, 7) is 2.00. The van der Waals surface area contributed by atoms with Gasteiger partial charge in [-0.1, -0.05) is 18.2 Å². The molecular weight excluding hydrogens is 152 g/mol. The summed E-state index contributed by atoms with van der Waals surface area (Å²) in [7, 11) is 1.38. The molecule has 0 rings (SSSR count). The Morgan fingerprint density at radius 1 is 1.33 bits per heavy atom. The predicted octanol–water partition coefficient (Wildman–Crippen LogP) is 2.46.